The highest BCUT2D eigenvalue weighted by Crippen LogP contribution is 2.27. The van der Waals surface area contributed by atoms with Crippen molar-refractivity contribution < 1.29 is 14.3 Å². The largest absolute Gasteiger partial charge is 0.453 e. The molecule has 2 rings (SSSR count). The summed E-state index contributed by atoms with van der Waals surface area (Å²) in [5.41, 5.74) is 1.71. The summed E-state index contributed by atoms with van der Waals surface area (Å²) < 4.78 is 9.78. The molecule has 5 heteroatoms. The molecule has 18 heavy (non-hydrogen) atoms. The Hall–Kier alpha value is -1.75. The van der Waals surface area contributed by atoms with E-state index in [0.717, 1.165) is 24.2 Å². The third kappa shape index (κ3) is 3.13. The summed E-state index contributed by atoms with van der Waals surface area (Å²) in [4.78, 5) is 11.1. The number of benzene rings is 1. The second-order valence-electron chi connectivity index (χ2n) is 4.37. The van der Waals surface area contributed by atoms with Gasteiger partial charge in [-0.05, 0) is 31.0 Å². The molecule has 0 aromatic heterocycles. The van der Waals surface area contributed by atoms with Crippen LogP contribution >= 0.6 is 0 Å². The minimum Gasteiger partial charge on any atom is -0.453 e. The molecule has 5 nitrogen and oxygen atoms in total. The Morgan fingerprint density at radius 1 is 1.28 bits per heavy atom. The molecule has 1 aromatic carbocycles. The van der Waals surface area contributed by atoms with Crippen LogP contribution in [0.25, 0.3) is 0 Å². The lowest BCUT2D eigenvalue weighted by molar-refractivity contribution is 0.0329. The summed E-state index contributed by atoms with van der Waals surface area (Å²) >= 11 is 0. The zero-order valence-corrected chi connectivity index (χ0v) is 10.6. The molecular formula is C13H18N2O3. The van der Waals surface area contributed by atoms with Gasteiger partial charge in [-0.2, -0.15) is 0 Å². The van der Waals surface area contributed by atoms with Crippen LogP contribution in [0.3, 0.4) is 0 Å². The number of anilines is 2. The van der Waals surface area contributed by atoms with E-state index in [4.69, 9.17) is 4.74 Å². The van der Waals surface area contributed by atoms with Crippen molar-refractivity contribution in [1.82, 2.24) is 0 Å². The van der Waals surface area contributed by atoms with E-state index in [0.29, 0.717) is 12.1 Å². The molecule has 1 saturated carbocycles. The van der Waals surface area contributed by atoms with E-state index in [1.165, 1.54) is 7.11 Å². The van der Waals surface area contributed by atoms with Crippen molar-refractivity contribution in [2.45, 2.75) is 25.0 Å². The van der Waals surface area contributed by atoms with Crippen molar-refractivity contribution in [3.8, 4) is 0 Å². The maximum absolute atomic E-state index is 11.1. The van der Waals surface area contributed by atoms with Crippen LogP contribution in [0.4, 0.5) is 16.2 Å². The van der Waals surface area contributed by atoms with Gasteiger partial charge in [0.2, 0.25) is 0 Å². The van der Waals surface area contributed by atoms with E-state index >= 15 is 0 Å². The quantitative estimate of drug-likeness (QED) is 0.861. The lowest BCUT2D eigenvalue weighted by atomic mass is 9.89. The summed E-state index contributed by atoms with van der Waals surface area (Å²) in [6.45, 7) is 0. The Kier molecular flexibility index (Phi) is 4.04. The van der Waals surface area contributed by atoms with Gasteiger partial charge < -0.3 is 14.8 Å². The predicted octanol–water partition coefficient (Wildman–Crippen LogP) is 2.45. The molecule has 1 aliphatic rings. The summed E-state index contributed by atoms with van der Waals surface area (Å²) in [6.07, 6.45) is 1.95. The van der Waals surface area contributed by atoms with Crippen LogP contribution in [0.5, 0.6) is 0 Å². The van der Waals surface area contributed by atoms with Gasteiger partial charge in [0, 0.05) is 24.5 Å². The molecule has 0 heterocycles. The van der Waals surface area contributed by atoms with Crippen molar-refractivity contribution in [2.24, 2.45) is 0 Å². The second kappa shape index (κ2) is 5.73. The van der Waals surface area contributed by atoms with Crippen molar-refractivity contribution >= 4 is 17.5 Å². The highest BCUT2D eigenvalue weighted by atomic mass is 16.5. The van der Waals surface area contributed by atoms with Crippen LogP contribution in [-0.4, -0.2) is 32.5 Å². The molecule has 1 amide bonds. The maximum atomic E-state index is 11.1. The predicted molar refractivity (Wildman–Crippen MR) is 69.9 cm³/mol. The van der Waals surface area contributed by atoms with Crippen molar-refractivity contribution in [1.29, 1.82) is 0 Å². The highest BCUT2D eigenvalue weighted by Gasteiger charge is 2.28. The molecule has 0 saturated heterocycles. The summed E-state index contributed by atoms with van der Waals surface area (Å²) in [5.74, 6) is 0. The molecule has 0 unspecified atom stereocenters. The number of rotatable bonds is 4. The van der Waals surface area contributed by atoms with Crippen LogP contribution in [0.15, 0.2) is 24.3 Å². The van der Waals surface area contributed by atoms with Gasteiger partial charge in [0.15, 0.2) is 0 Å². The lowest BCUT2D eigenvalue weighted by Gasteiger charge is -2.35. The molecule has 0 atom stereocenters. The van der Waals surface area contributed by atoms with E-state index in [9.17, 15) is 4.79 Å². The van der Waals surface area contributed by atoms with Crippen molar-refractivity contribution in [2.75, 3.05) is 24.9 Å². The van der Waals surface area contributed by atoms with Crippen LogP contribution in [0.1, 0.15) is 12.8 Å². The van der Waals surface area contributed by atoms with Gasteiger partial charge in [0.25, 0.3) is 0 Å². The van der Waals surface area contributed by atoms with E-state index < -0.39 is 6.09 Å². The first-order chi connectivity index (χ1) is 8.71. The fourth-order valence-electron chi connectivity index (χ4n) is 1.97. The number of hydrogen-bond acceptors (Lipinski definition) is 4. The molecule has 2 N–H and O–H groups in total. The normalized spacial score (nSPS) is 21.9. The molecule has 0 spiro atoms. The Morgan fingerprint density at radius 3 is 2.67 bits per heavy atom. The fraction of sp³-hybridized carbons (Fsp3) is 0.462. The van der Waals surface area contributed by atoms with Crippen molar-refractivity contribution in [3.63, 3.8) is 0 Å². The lowest BCUT2D eigenvalue weighted by Crippen LogP contribution is -2.40. The minimum atomic E-state index is -0.463. The molecule has 1 aliphatic carbocycles. The van der Waals surface area contributed by atoms with Crippen LogP contribution in [0.2, 0.25) is 0 Å². The molecule has 98 valence electrons. The zero-order chi connectivity index (χ0) is 13.0. The summed E-state index contributed by atoms with van der Waals surface area (Å²) in [6, 6.07) is 8.02. The number of nitrogens with one attached hydrogen (secondary N) is 2. The number of methoxy groups -OCH3 is 2. The topological polar surface area (TPSA) is 59.6 Å². The monoisotopic (exact) mass is 250 g/mol. The first-order valence-electron chi connectivity index (χ1n) is 5.95. The average molecular weight is 250 g/mol. The van der Waals surface area contributed by atoms with Gasteiger partial charge in [-0.15, -0.1) is 0 Å². The first kappa shape index (κ1) is 12.7. The van der Waals surface area contributed by atoms with E-state index in [1.54, 1.807) is 7.11 Å². The number of carbonyl (C=O) groups is 1. The highest BCUT2D eigenvalue weighted by molar-refractivity contribution is 5.85. The van der Waals surface area contributed by atoms with Gasteiger partial charge in [-0.1, -0.05) is 6.07 Å². The molecule has 0 radical (unpaired) electrons. The van der Waals surface area contributed by atoms with Gasteiger partial charge in [-0.25, -0.2) is 4.79 Å². The Bertz CT molecular complexity index is 416. The van der Waals surface area contributed by atoms with Crippen LogP contribution in [0, 0.1) is 0 Å². The standard InChI is InChI=1S/C13H18N2O3/c1-17-12-7-11(8-12)14-9-4-3-5-10(6-9)15-13(16)18-2/h3-6,11-12,14H,7-8H2,1-2H3,(H,15,16). The van der Waals surface area contributed by atoms with Gasteiger partial charge in [0.05, 0.1) is 13.2 Å². The van der Waals surface area contributed by atoms with E-state index in [1.807, 2.05) is 24.3 Å². The average Bonchev–Trinajstić information content (AvgIpc) is 2.33. The Labute approximate surface area is 106 Å². The SMILES string of the molecule is COC(=O)Nc1cccc(NC2CC(OC)C2)c1. The smallest absolute Gasteiger partial charge is 0.411 e. The Morgan fingerprint density at radius 2 is 2.00 bits per heavy atom. The van der Waals surface area contributed by atoms with Gasteiger partial charge >= 0.3 is 6.09 Å². The number of ether oxygens (including phenoxy) is 2. The molecule has 1 aromatic rings. The first-order valence-corrected chi connectivity index (χ1v) is 5.95. The number of hydrogen-bond donors (Lipinski definition) is 2. The molecule has 0 aliphatic heterocycles. The minimum absolute atomic E-state index is 0.374. The third-order valence-corrected chi connectivity index (χ3v) is 3.09. The molecular weight excluding hydrogens is 232 g/mol. The second-order valence-corrected chi connectivity index (χ2v) is 4.37. The molecule has 0 bridgehead atoms. The van der Waals surface area contributed by atoms with E-state index in [-0.39, 0.29) is 0 Å². The Balaban J connectivity index is 1.89. The van der Waals surface area contributed by atoms with Crippen LogP contribution < -0.4 is 10.6 Å². The number of amides is 1. The zero-order valence-electron chi connectivity index (χ0n) is 10.6. The number of carbonyl (C=O) groups excluding carboxylic acids is 1. The summed E-state index contributed by atoms with van der Waals surface area (Å²) in [7, 11) is 3.08. The maximum Gasteiger partial charge on any atom is 0.411 e. The summed E-state index contributed by atoms with van der Waals surface area (Å²) in [5, 5.41) is 6.04. The van der Waals surface area contributed by atoms with Gasteiger partial charge in [0.1, 0.15) is 0 Å². The van der Waals surface area contributed by atoms with Crippen LogP contribution in [-0.2, 0) is 9.47 Å². The third-order valence-electron chi connectivity index (χ3n) is 3.09. The van der Waals surface area contributed by atoms with Crippen molar-refractivity contribution in [3.05, 3.63) is 24.3 Å². The van der Waals surface area contributed by atoms with E-state index in [2.05, 4.69) is 15.4 Å². The fourth-order valence-corrected chi connectivity index (χ4v) is 1.97. The molecule has 1 fully saturated rings. The van der Waals surface area contributed by atoms with Gasteiger partial charge in [-0.3, -0.25) is 5.32 Å².